The van der Waals surface area contributed by atoms with E-state index in [1.807, 2.05) is 0 Å². The lowest BCUT2D eigenvalue weighted by Gasteiger charge is -2.25. The molecule has 1 rings (SSSR count). The summed E-state index contributed by atoms with van der Waals surface area (Å²) in [4.78, 5) is 10.2. The average Bonchev–Trinajstić information content (AvgIpc) is 2.20. The second-order valence-corrected chi connectivity index (χ2v) is 4.21. The molecule has 0 aromatic heterocycles. The maximum Gasteiger partial charge on any atom is 0.120 e. The van der Waals surface area contributed by atoms with E-state index in [0.29, 0.717) is 18.4 Å². The first-order valence-corrected chi connectivity index (χ1v) is 4.67. The summed E-state index contributed by atoms with van der Waals surface area (Å²) in [6, 6.07) is 0. The van der Waals surface area contributed by atoms with Gasteiger partial charge in [-0.2, -0.15) is 0 Å². The van der Waals surface area contributed by atoms with Crippen LogP contribution < -0.4 is 0 Å². The molecule has 1 heterocycles. The average molecular weight is 170 g/mol. The smallest absolute Gasteiger partial charge is 0.120 e. The number of carbonyl (C=O) groups excluding carboxylic acids is 1. The third kappa shape index (κ3) is 2.07. The van der Waals surface area contributed by atoms with Crippen molar-refractivity contribution in [2.45, 2.75) is 51.7 Å². The number of ether oxygens (including phenoxy) is 1. The van der Waals surface area contributed by atoms with Crippen molar-refractivity contribution < 1.29 is 9.53 Å². The van der Waals surface area contributed by atoms with E-state index in [1.54, 1.807) is 0 Å². The fraction of sp³-hybridized carbons (Fsp3) is 0.900. The van der Waals surface area contributed by atoms with Gasteiger partial charge in [-0.3, -0.25) is 0 Å². The molecule has 0 bridgehead atoms. The first kappa shape index (κ1) is 9.72. The largest absolute Gasteiger partial charge is 0.372 e. The molecule has 0 N–H and O–H groups in total. The van der Waals surface area contributed by atoms with Gasteiger partial charge >= 0.3 is 0 Å². The Labute approximate surface area is 74.3 Å². The first-order valence-electron chi connectivity index (χ1n) is 4.67. The molecule has 0 aromatic rings. The highest BCUT2D eigenvalue weighted by Crippen LogP contribution is 2.37. The molecule has 0 amide bonds. The second-order valence-electron chi connectivity index (χ2n) is 4.21. The lowest BCUT2D eigenvalue weighted by atomic mass is 9.86. The van der Waals surface area contributed by atoms with Gasteiger partial charge in [-0.15, -0.1) is 0 Å². The molecule has 0 radical (unpaired) electrons. The van der Waals surface area contributed by atoms with Crippen LogP contribution in [0, 0.1) is 5.92 Å². The van der Waals surface area contributed by atoms with Crippen LogP contribution >= 0.6 is 0 Å². The zero-order chi connectivity index (χ0) is 9.19. The fourth-order valence-electron chi connectivity index (χ4n) is 2.08. The van der Waals surface area contributed by atoms with Gasteiger partial charge in [-0.25, -0.2) is 0 Å². The molecule has 2 nitrogen and oxygen atoms in total. The van der Waals surface area contributed by atoms with Crippen molar-refractivity contribution >= 4 is 6.29 Å². The molecular weight excluding hydrogens is 152 g/mol. The zero-order valence-electron chi connectivity index (χ0n) is 8.17. The lowest BCUT2D eigenvalue weighted by Crippen LogP contribution is -2.27. The Morgan fingerprint density at radius 3 is 2.67 bits per heavy atom. The standard InChI is InChI=1S/C10H18O2/c1-8-7-9(5-4-6-11)10(2,3)12-8/h6,8-9H,4-5,7H2,1-3H3/t8-,9+/m0/s1. The molecule has 1 saturated heterocycles. The summed E-state index contributed by atoms with van der Waals surface area (Å²) >= 11 is 0. The third-order valence-electron chi connectivity index (χ3n) is 2.74. The SMILES string of the molecule is C[C@H]1C[C@@H](CCC=O)C(C)(C)O1. The minimum atomic E-state index is -0.0254. The van der Waals surface area contributed by atoms with Crippen LogP contribution in [0.4, 0.5) is 0 Å². The molecule has 0 saturated carbocycles. The summed E-state index contributed by atoms with van der Waals surface area (Å²) in [5.74, 6) is 0.553. The number of hydrogen-bond donors (Lipinski definition) is 0. The van der Waals surface area contributed by atoms with Crippen molar-refractivity contribution in [3.63, 3.8) is 0 Å². The quantitative estimate of drug-likeness (QED) is 0.607. The Kier molecular flexibility index (Phi) is 2.89. The summed E-state index contributed by atoms with van der Waals surface area (Å²) in [6.45, 7) is 6.33. The summed E-state index contributed by atoms with van der Waals surface area (Å²) in [7, 11) is 0. The molecule has 0 unspecified atom stereocenters. The van der Waals surface area contributed by atoms with Gasteiger partial charge in [0.25, 0.3) is 0 Å². The molecule has 1 aliphatic rings. The predicted octanol–water partition coefficient (Wildman–Crippen LogP) is 2.17. The van der Waals surface area contributed by atoms with E-state index < -0.39 is 0 Å². The van der Waals surface area contributed by atoms with Crippen LogP contribution in [0.25, 0.3) is 0 Å². The van der Waals surface area contributed by atoms with Crippen LogP contribution in [-0.4, -0.2) is 18.0 Å². The van der Waals surface area contributed by atoms with Crippen LogP contribution in [0.3, 0.4) is 0 Å². The lowest BCUT2D eigenvalue weighted by molar-refractivity contribution is -0.108. The van der Waals surface area contributed by atoms with E-state index in [0.717, 1.165) is 19.1 Å². The summed E-state index contributed by atoms with van der Waals surface area (Å²) in [5.41, 5.74) is -0.0254. The van der Waals surface area contributed by atoms with Crippen LogP contribution in [0.5, 0.6) is 0 Å². The van der Waals surface area contributed by atoms with Crippen molar-refractivity contribution in [3.05, 3.63) is 0 Å². The summed E-state index contributed by atoms with van der Waals surface area (Å²) < 4.78 is 5.74. The summed E-state index contributed by atoms with van der Waals surface area (Å²) in [6.07, 6.45) is 4.10. The van der Waals surface area contributed by atoms with Crippen molar-refractivity contribution in [1.82, 2.24) is 0 Å². The van der Waals surface area contributed by atoms with Gasteiger partial charge in [0.05, 0.1) is 11.7 Å². The molecule has 1 aliphatic heterocycles. The van der Waals surface area contributed by atoms with Gasteiger partial charge in [0.2, 0.25) is 0 Å². The number of carbonyl (C=O) groups is 1. The molecule has 12 heavy (non-hydrogen) atoms. The highest BCUT2D eigenvalue weighted by molar-refractivity contribution is 5.49. The highest BCUT2D eigenvalue weighted by atomic mass is 16.5. The van der Waals surface area contributed by atoms with Crippen LogP contribution in [0.1, 0.15) is 40.0 Å². The Hall–Kier alpha value is -0.370. The van der Waals surface area contributed by atoms with Crippen LogP contribution in [0.2, 0.25) is 0 Å². The predicted molar refractivity (Wildman–Crippen MR) is 48.0 cm³/mol. The Balaban J connectivity index is 2.47. The minimum absolute atomic E-state index is 0.0254. The Morgan fingerprint density at radius 2 is 2.25 bits per heavy atom. The number of hydrogen-bond acceptors (Lipinski definition) is 2. The van der Waals surface area contributed by atoms with E-state index >= 15 is 0 Å². The maximum atomic E-state index is 10.2. The summed E-state index contributed by atoms with van der Waals surface area (Å²) in [5, 5.41) is 0. The van der Waals surface area contributed by atoms with Crippen LogP contribution in [-0.2, 0) is 9.53 Å². The third-order valence-corrected chi connectivity index (χ3v) is 2.74. The van der Waals surface area contributed by atoms with Gasteiger partial charge in [0.15, 0.2) is 0 Å². The van der Waals surface area contributed by atoms with Crippen molar-refractivity contribution in [3.8, 4) is 0 Å². The van der Waals surface area contributed by atoms with Gasteiger partial charge in [0, 0.05) is 6.42 Å². The van der Waals surface area contributed by atoms with E-state index in [2.05, 4.69) is 20.8 Å². The van der Waals surface area contributed by atoms with Gasteiger partial charge in [-0.05, 0) is 39.5 Å². The van der Waals surface area contributed by atoms with Crippen LogP contribution in [0.15, 0.2) is 0 Å². The molecule has 0 aromatic carbocycles. The van der Waals surface area contributed by atoms with E-state index in [4.69, 9.17) is 4.74 Å². The number of aldehydes is 1. The molecule has 0 spiro atoms. The van der Waals surface area contributed by atoms with Crippen molar-refractivity contribution in [2.24, 2.45) is 5.92 Å². The molecular formula is C10H18O2. The highest BCUT2D eigenvalue weighted by Gasteiger charge is 2.38. The van der Waals surface area contributed by atoms with E-state index in [-0.39, 0.29) is 5.60 Å². The Morgan fingerprint density at radius 1 is 1.58 bits per heavy atom. The maximum absolute atomic E-state index is 10.2. The second kappa shape index (κ2) is 3.56. The topological polar surface area (TPSA) is 26.3 Å². The first-order chi connectivity index (χ1) is 5.56. The fourth-order valence-corrected chi connectivity index (χ4v) is 2.08. The van der Waals surface area contributed by atoms with E-state index in [1.165, 1.54) is 0 Å². The van der Waals surface area contributed by atoms with Crippen molar-refractivity contribution in [2.75, 3.05) is 0 Å². The molecule has 70 valence electrons. The molecule has 2 heteroatoms. The van der Waals surface area contributed by atoms with Crippen molar-refractivity contribution in [1.29, 1.82) is 0 Å². The number of rotatable bonds is 3. The zero-order valence-corrected chi connectivity index (χ0v) is 8.17. The van der Waals surface area contributed by atoms with Gasteiger partial charge in [0.1, 0.15) is 6.29 Å². The molecule has 0 aliphatic carbocycles. The van der Waals surface area contributed by atoms with Gasteiger partial charge in [-0.1, -0.05) is 0 Å². The monoisotopic (exact) mass is 170 g/mol. The Bertz CT molecular complexity index is 163. The van der Waals surface area contributed by atoms with Gasteiger partial charge < -0.3 is 9.53 Å². The molecule has 1 fully saturated rings. The minimum Gasteiger partial charge on any atom is -0.372 e. The normalized spacial score (nSPS) is 33.6. The molecule has 2 atom stereocenters. The van der Waals surface area contributed by atoms with E-state index in [9.17, 15) is 4.79 Å².